The Hall–Kier alpha value is -2.34. The lowest BCUT2D eigenvalue weighted by atomic mass is 10.1. The van der Waals surface area contributed by atoms with Gasteiger partial charge in [0, 0.05) is 36.9 Å². The van der Waals surface area contributed by atoms with E-state index in [1.807, 2.05) is 6.07 Å². The number of fused-ring (bicyclic) bond motifs is 1. The summed E-state index contributed by atoms with van der Waals surface area (Å²) in [7, 11) is 0. The molecule has 6 nitrogen and oxygen atoms in total. The minimum Gasteiger partial charge on any atom is -0.480 e. The molecular weight excluding hydrogens is 304 g/mol. The largest absolute Gasteiger partial charge is 0.480 e. The Bertz CT molecular complexity index is 666. The van der Waals surface area contributed by atoms with Gasteiger partial charge >= 0.3 is 0 Å². The van der Waals surface area contributed by atoms with Gasteiger partial charge in [-0.15, -0.1) is 0 Å². The number of carbonyl (C=O) groups is 1. The zero-order valence-electron chi connectivity index (χ0n) is 11.8. The van der Waals surface area contributed by atoms with Gasteiger partial charge in [0.25, 0.3) is 5.91 Å². The van der Waals surface area contributed by atoms with Gasteiger partial charge in [-0.1, -0.05) is 11.6 Å². The highest BCUT2D eigenvalue weighted by molar-refractivity contribution is 6.30. The number of benzene rings is 1. The van der Waals surface area contributed by atoms with E-state index in [0.29, 0.717) is 30.4 Å². The molecule has 1 atom stereocenters. The normalized spacial score (nSPS) is 15.8. The molecule has 1 aromatic heterocycles. The fourth-order valence-electron chi connectivity index (χ4n) is 2.24. The highest BCUT2D eigenvalue weighted by Gasteiger charge is 2.28. The minimum atomic E-state index is -0.495. The SMILES string of the molecule is O=C(NCCNc1cnccn1)[C@H]1Cc2cc(Cl)ccc2O1. The number of hydrogen-bond acceptors (Lipinski definition) is 5. The molecule has 1 amide bonds. The second-order valence-corrected chi connectivity index (χ2v) is 5.31. The number of ether oxygens (including phenoxy) is 1. The van der Waals surface area contributed by atoms with Crippen LogP contribution in [-0.4, -0.2) is 35.1 Å². The molecule has 0 fully saturated rings. The smallest absolute Gasteiger partial charge is 0.261 e. The van der Waals surface area contributed by atoms with E-state index in [1.165, 1.54) is 0 Å². The number of rotatable bonds is 5. The summed E-state index contributed by atoms with van der Waals surface area (Å²) in [5, 5.41) is 6.55. The number of nitrogens with one attached hydrogen (secondary N) is 2. The molecule has 114 valence electrons. The number of nitrogens with zero attached hydrogens (tertiary/aromatic N) is 2. The molecule has 0 saturated heterocycles. The molecule has 2 N–H and O–H groups in total. The highest BCUT2D eigenvalue weighted by atomic mass is 35.5. The topological polar surface area (TPSA) is 76.1 Å². The predicted octanol–water partition coefficient (Wildman–Crippen LogP) is 1.66. The van der Waals surface area contributed by atoms with E-state index in [9.17, 15) is 4.79 Å². The molecule has 0 radical (unpaired) electrons. The number of carbonyl (C=O) groups excluding carboxylic acids is 1. The van der Waals surface area contributed by atoms with Crippen LogP contribution in [0, 0.1) is 0 Å². The molecule has 1 aromatic carbocycles. The van der Waals surface area contributed by atoms with Crippen LogP contribution in [0.1, 0.15) is 5.56 Å². The number of anilines is 1. The zero-order chi connectivity index (χ0) is 15.4. The van der Waals surface area contributed by atoms with Crippen LogP contribution >= 0.6 is 11.6 Å². The van der Waals surface area contributed by atoms with Gasteiger partial charge in [0.15, 0.2) is 6.10 Å². The van der Waals surface area contributed by atoms with Crippen molar-refractivity contribution >= 4 is 23.3 Å². The first-order valence-electron chi connectivity index (χ1n) is 6.95. The summed E-state index contributed by atoms with van der Waals surface area (Å²) < 4.78 is 5.63. The molecular formula is C15H15ClN4O2. The standard InChI is InChI=1S/C15H15ClN4O2/c16-11-1-2-12-10(7-11)8-13(22-12)15(21)20-6-5-19-14-9-17-3-4-18-14/h1-4,7,9,13H,5-6,8H2,(H,18,19)(H,20,21)/t13-/m1/s1. The quantitative estimate of drug-likeness (QED) is 0.820. The molecule has 3 rings (SSSR count). The van der Waals surface area contributed by atoms with Crippen LogP contribution in [-0.2, 0) is 11.2 Å². The first-order valence-corrected chi connectivity index (χ1v) is 7.33. The third-order valence-corrected chi connectivity index (χ3v) is 3.52. The Morgan fingerprint density at radius 3 is 3.09 bits per heavy atom. The third-order valence-electron chi connectivity index (χ3n) is 3.28. The second-order valence-electron chi connectivity index (χ2n) is 4.87. The summed E-state index contributed by atoms with van der Waals surface area (Å²) in [4.78, 5) is 20.1. The van der Waals surface area contributed by atoms with E-state index in [-0.39, 0.29) is 5.91 Å². The molecule has 2 heterocycles. The summed E-state index contributed by atoms with van der Waals surface area (Å²) >= 11 is 5.94. The number of hydrogen-bond donors (Lipinski definition) is 2. The van der Waals surface area contributed by atoms with Crippen molar-refractivity contribution in [2.45, 2.75) is 12.5 Å². The maximum atomic E-state index is 12.1. The molecule has 1 aliphatic rings. The average molecular weight is 319 g/mol. The second kappa shape index (κ2) is 6.62. The Morgan fingerprint density at radius 1 is 1.36 bits per heavy atom. The maximum Gasteiger partial charge on any atom is 0.261 e. The highest BCUT2D eigenvalue weighted by Crippen LogP contribution is 2.30. The first-order chi connectivity index (χ1) is 10.7. The lowest BCUT2D eigenvalue weighted by Crippen LogP contribution is -2.39. The number of amides is 1. The monoisotopic (exact) mass is 318 g/mol. The summed E-state index contributed by atoms with van der Waals surface area (Å²) in [5.74, 6) is 1.27. The van der Waals surface area contributed by atoms with Crippen LogP contribution in [0.2, 0.25) is 5.02 Å². The van der Waals surface area contributed by atoms with Crippen molar-refractivity contribution in [1.29, 1.82) is 0 Å². The van der Waals surface area contributed by atoms with Crippen molar-refractivity contribution in [3.8, 4) is 5.75 Å². The molecule has 2 aromatic rings. The predicted molar refractivity (Wildman–Crippen MR) is 83.1 cm³/mol. The molecule has 0 aliphatic carbocycles. The van der Waals surface area contributed by atoms with Crippen molar-refractivity contribution in [1.82, 2.24) is 15.3 Å². The van der Waals surface area contributed by atoms with Crippen LogP contribution < -0.4 is 15.4 Å². The van der Waals surface area contributed by atoms with E-state index in [0.717, 1.165) is 11.3 Å². The van der Waals surface area contributed by atoms with Gasteiger partial charge in [0.1, 0.15) is 11.6 Å². The molecule has 0 unspecified atom stereocenters. The van der Waals surface area contributed by atoms with Crippen LogP contribution in [0.4, 0.5) is 5.82 Å². The van der Waals surface area contributed by atoms with Gasteiger partial charge < -0.3 is 15.4 Å². The number of halogens is 1. The lowest BCUT2D eigenvalue weighted by Gasteiger charge is -2.11. The van der Waals surface area contributed by atoms with Crippen LogP contribution in [0.5, 0.6) is 5.75 Å². The van der Waals surface area contributed by atoms with E-state index in [2.05, 4.69) is 20.6 Å². The van der Waals surface area contributed by atoms with Crippen molar-refractivity contribution < 1.29 is 9.53 Å². The van der Waals surface area contributed by atoms with Crippen molar-refractivity contribution in [2.75, 3.05) is 18.4 Å². The molecule has 22 heavy (non-hydrogen) atoms. The van der Waals surface area contributed by atoms with Gasteiger partial charge in [0.2, 0.25) is 0 Å². The molecule has 0 saturated carbocycles. The molecule has 0 bridgehead atoms. The van der Waals surface area contributed by atoms with E-state index >= 15 is 0 Å². The Kier molecular flexibility index (Phi) is 4.39. The molecule has 1 aliphatic heterocycles. The Morgan fingerprint density at radius 2 is 2.27 bits per heavy atom. The lowest BCUT2D eigenvalue weighted by molar-refractivity contribution is -0.127. The van der Waals surface area contributed by atoms with Crippen LogP contribution in [0.25, 0.3) is 0 Å². The van der Waals surface area contributed by atoms with Gasteiger partial charge in [-0.2, -0.15) is 0 Å². The van der Waals surface area contributed by atoms with E-state index in [1.54, 1.807) is 30.7 Å². The number of aromatic nitrogens is 2. The van der Waals surface area contributed by atoms with Crippen LogP contribution in [0.15, 0.2) is 36.8 Å². The third kappa shape index (κ3) is 3.46. The van der Waals surface area contributed by atoms with Gasteiger partial charge in [-0.05, 0) is 23.8 Å². The first kappa shape index (κ1) is 14.6. The summed E-state index contributed by atoms with van der Waals surface area (Å²) in [6, 6.07) is 5.38. The minimum absolute atomic E-state index is 0.131. The van der Waals surface area contributed by atoms with Crippen molar-refractivity contribution in [2.24, 2.45) is 0 Å². The Labute approximate surface area is 132 Å². The van der Waals surface area contributed by atoms with Crippen LogP contribution in [0.3, 0.4) is 0 Å². The summed E-state index contributed by atoms with van der Waals surface area (Å²) in [6.07, 6.45) is 4.89. The van der Waals surface area contributed by atoms with Crippen molar-refractivity contribution in [3.63, 3.8) is 0 Å². The molecule has 7 heteroatoms. The van der Waals surface area contributed by atoms with E-state index in [4.69, 9.17) is 16.3 Å². The van der Waals surface area contributed by atoms with E-state index < -0.39 is 6.10 Å². The maximum absolute atomic E-state index is 12.1. The van der Waals surface area contributed by atoms with Gasteiger partial charge in [-0.25, -0.2) is 4.98 Å². The van der Waals surface area contributed by atoms with Gasteiger partial charge in [0.05, 0.1) is 6.20 Å². The molecule has 0 spiro atoms. The average Bonchev–Trinajstić information content (AvgIpc) is 2.95. The summed E-state index contributed by atoms with van der Waals surface area (Å²) in [5.41, 5.74) is 0.963. The van der Waals surface area contributed by atoms with Gasteiger partial charge in [-0.3, -0.25) is 9.78 Å². The summed E-state index contributed by atoms with van der Waals surface area (Å²) in [6.45, 7) is 1.04. The van der Waals surface area contributed by atoms with Crippen molar-refractivity contribution in [3.05, 3.63) is 47.4 Å². The fraction of sp³-hybridized carbons (Fsp3) is 0.267. The Balaban J connectivity index is 1.44. The fourth-order valence-corrected chi connectivity index (χ4v) is 2.44. The zero-order valence-corrected chi connectivity index (χ0v) is 12.5.